The lowest BCUT2D eigenvalue weighted by Gasteiger charge is -2.15. The van der Waals surface area contributed by atoms with Gasteiger partial charge >= 0.3 is 0 Å². The van der Waals surface area contributed by atoms with E-state index in [1.165, 1.54) is 6.07 Å². The van der Waals surface area contributed by atoms with Crippen LogP contribution in [0.5, 0.6) is 5.75 Å². The molecule has 2 heterocycles. The van der Waals surface area contributed by atoms with Crippen molar-refractivity contribution in [2.75, 3.05) is 19.5 Å². The second-order valence-electron chi connectivity index (χ2n) is 5.91. The van der Waals surface area contributed by atoms with Gasteiger partial charge in [-0.3, -0.25) is 4.98 Å². The normalized spacial score (nSPS) is 10.8. The van der Waals surface area contributed by atoms with Crippen LogP contribution in [0.2, 0.25) is 0 Å². The molecule has 0 aliphatic rings. The predicted molar refractivity (Wildman–Crippen MR) is 104 cm³/mol. The number of nitrogens with zero attached hydrogens (tertiary/aromatic N) is 3. The number of halogens is 1. The molecule has 0 bridgehead atoms. The van der Waals surface area contributed by atoms with Gasteiger partial charge in [0, 0.05) is 41.5 Å². The van der Waals surface area contributed by atoms with Crippen molar-refractivity contribution in [1.29, 1.82) is 0 Å². The summed E-state index contributed by atoms with van der Waals surface area (Å²) < 4.78 is 20.0. The van der Waals surface area contributed by atoms with Gasteiger partial charge in [-0.2, -0.15) is 0 Å². The number of ether oxygens (including phenoxy) is 1. The first-order valence-electron chi connectivity index (χ1n) is 8.44. The Kier molecular flexibility index (Phi) is 4.38. The number of fused-ring (bicyclic) bond motifs is 1. The molecule has 4 rings (SSSR count). The van der Waals surface area contributed by atoms with Gasteiger partial charge in [0.2, 0.25) is 0 Å². The molecule has 5 nitrogen and oxygen atoms in total. The number of nitrogens with one attached hydrogen (secondary N) is 1. The molecule has 0 amide bonds. The summed E-state index contributed by atoms with van der Waals surface area (Å²) in [5.74, 6) is 1.37. The van der Waals surface area contributed by atoms with E-state index >= 15 is 0 Å². The van der Waals surface area contributed by atoms with Crippen molar-refractivity contribution in [1.82, 2.24) is 15.0 Å². The highest BCUT2D eigenvalue weighted by Gasteiger charge is 2.18. The summed E-state index contributed by atoms with van der Waals surface area (Å²) in [5, 5.41) is 3.89. The maximum Gasteiger partial charge on any atom is 0.163 e. The zero-order chi connectivity index (χ0) is 18.8. The summed E-state index contributed by atoms with van der Waals surface area (Å²) in [6.07, 6.45) is 3.40. The maximum absolute atomic E-state index is 14.4. The second-order valence-corrected chi connectivity index (χ2v) is 5.91. The van der Waals surface area contributed by atoms with Crippen LogP contribution in [-0.4, -0.2) is 29.1 Å². The molecule has 1 N–H and O–H groups in total. The maximum atomic E-state index is 14.4. The predicted octanol–water partition coefficient (Wildman–Crippen LogP) is 4.55. The van der Waals surface area contributed by atoms with Gasteiger partial charge in [-0.05, 0) is 30.3 Å². The lowest BCUT2D eigenvalue weighted by atomic mass is 10.0. The van der Waals surface area contributed by atoms with Crippen molar-refractivity contribution < 1.29 is 9.13 Å². The number of hydrogen-bond acceptors (Lipinski definition) is 5. The highest BCUT2D eigenvalue weighted by atomic mass is 19.1. The van der Waals surface area contributed by atoms with Crippen LogP contribution in [0.4, 0.5) is 10.2 Å². The molecule has 134 valence electrons. The van der Waals surface area contributed by atoms with E-state index < -0.39 is 0 Å². The number of aromatic nitrogens is 3. The third-order valence-corrected chi connectivity index (χ3v) is 4.35. The van der Waals surface area contributed by atoms with E-state index in [0.717, 1.165) is 10.9 Å². The highest BCUT2D eigenvalue weighted by Crippen LogP contribution is 2.39. The Morgan fingerprint density at radius 3 is 2.52 bits per heavy atom. The Labute approximate surface area is 155 Å². The molecule has 27 heavy (non-hydrogen) atoms. The zero-order valence-electron chi connectivity index (χ0n) is 14.9. The molecule has 0 spiro atoms. The van der Waals surface area contributed by atoms with Crippen LogP contribution >= 0.6 is 0 Å². The Morgan fingerprint density at radius 1 is 0.963 bits per heavy atom. The summed E-state index contributed by atoms with van der Waals surface area (Å²) in [4.78, 5) is 13.4. The van der Waals surface area contributed by atoms with Crippen molar-refractivity contribution in [3.05, 3.63) is 66.7 Å². The van der Waals surface area contributed by atoms with Gasteiger partial charge < -0.3 is 10.1 Å². The standard InChI is InChI=1S/C21H17FN4O/c1-23-21-16-10-9-15(14-7-3-4-8-17(14)22)19(27-2)18(16)25-20(26-21)13-6-5-11-24-12-13/h3-12H,1-2H3,(H,23,25,26). The van der Waals surface area contributed by atoms with E-state index in [1.807, 2.05) is 24.3 Å². The van der Waals surface area contributed by atoms with E-state index in [9.17, 15) is 4.39 Å². The molecule has 0 aliphatic carbocycles. The minimum absolute atomic E-state index is 0.314. The molecular weight excluding hydrogens is 343 g/mol. The van der Waals surface area contributed by atoms with Crippen LogP contribution in [0.15, 0.2) is 60.9 Å². The van der Waals surface area contributed by atoms with Gasteiger partial charge in [0.25, 0.3) is 0 Å². The molecule has 0 saturated heterocycles. The number of anilines is 1. The van der Waals surface area contributed by atoms with Crippen molar-refractivity contribution in [3.63, 3.8) is 0 Å². The number of hydrogen-bond donors (Lipinski definition) is 1. The molecule has 2 aromatic heterocycles. The summed E-state index contributed by atoms with van der Waals surface area (Å²) in [5.41, 5.74) is 2.50. The molecule has 2 aromatic carbocycles. The molecule has 0 unspecified atom stereocenters. The summed E-state index contributed by atoms with van der Waals surface area (Å²) >= 11 is 0. The van der Waals surface area contributed by atoms with E-state index in [-0.39, 0.29) is 5.82 Å². The number of benzene rings is 2. The first-order chi connectivity index (χ1) is 13.2. The molecule has 0 fully saturated rings. The van der Waals surface area contributed by atoms with Crippen LogP contribution in [-0.2, 0) is 0 Å². The average molecular weight is 360 g/mol. The van der Waals surface area contributed by atoms with Gasteiger partial charge in [-0.1, -0.05) is 18.2 Å². The average Bonchev–Trinajstić information content (AvgIpc) is 2.73. The molecule has 4 aromatic rings. The fourth-order valence-corrected chi connectivity index (χ4v) is 3.08. The molecule has 0 saturated carbocycles. The smallest absolute Gasteiger partial charge is 0.163 e. The van der Waals surface area contributed by atoms with E-state index in [1.54, 1.807) is 44.8 Å². The Balaban J connectivity index is 2.03. The third kappa shape index (κ3) is 2.95. The third-order valence-electron chi connectivity index (χ3n) is 4.35. The largest absolute Gasteiger partial charge is 0.494 e. The van der Waals surface area contributed by atoms with Gasteiger partial charge in [0.05, 0.1) is 7.11 Å². The van der Waals surface area contributed by atoms with Gasteiger partial charge in [0.15, 0.2) is 11.6 Å². The van der Waals surface area contributed by atoms with Crippen LogP contribution in [0.25, 0.3) is 33.4 Å². The molecule has 0 atom stereocenters. The van der Waals surface area contributed by atoms with Gasteiger partial charge in [-0.25, -0.2) is 14.4 Å². The van der Waals surface area contributed by atoms with Gasteiger partial charge in [0.1, 0.15) is 17.2 Å². The van der Waals surface area contributed by atoms with Crippen molar-refractivity contribution in [2.24, 2.45) is 0 Å². The summed E-state index contributed by atoms with van der Waals surface area (Å²) in [6, 6.07) is 14.0. The zero-order valence-corrected chi connectivity index (χ0v) is 14.9. The van der Waals surface area contributed by atoms with Crippen LogP contribution < -0.4 is 10.1 Å². The van der Waals surface area contributed by atoms with Crippen molar-refractivity contribution in [3.8, 4) is 28.3 Å². The monoisotopic (exact) mass is 360 g/mol. The minimum atomic E-state index is -0.314. The van der Waals surface area contributed by atoms with Crippen molar-refractivity contribution in [2.45, 2.75) is 0 Å². The Hall–Kier alpha value is -3.54. The van der Waals surface area contributed by atoms with Crippen LogP contribution in [0.1, 0.15) is 0 Å². The van der Waals surface area contributed by atoms with E-state index in [0.29, 0.717) is 34.0 Å². The minimum Gasteiger partial charge on any atom is -0.494 e. The fraction of sp³-hybridized carbons (Fsp3) is 0.0952. The first kappa shape index (κ1) is 16.9. The fourth-order valence-electron chi connectivity index (χ4n) is 3.08. The second kappa shape index (κ2) is 6.99. The Bertz CT molecular complexity index is 1120. The van der Waals surface area contributed by atoms with E-state index in [2.05, 4.69) is 15.3 Å². The molecule has 0 radical (unpaired) electrons. The molecule has 0 aliphatic heterocycles. The molecule has 6 heteroatoms. The van der Waals surface area contributed by atoms with Crippen LogP contribution in [0, 0.1) is 5.82 Å². The van der Waals surface area contributed by atoms with E-state index in [4.69, 9.17) is 9.72 Å². The lowest BCUT2D eigenvalue weighted by Crippen LogP contribution is -2.01. The summed E-state index contributed by atoms with van der Waals surface area (Å²) in [6.45, 7) is 0. The quantitative estimate of drug-likeness (QED) is 0.579. The first-order valence-corrected chi connectivity index (χ1v) is 8.44. The van der Waals surface area contributed by atoms with Gasteiger partial charge in [-0.15, -0.1) is 0 Å². The number of methoxy groups -OCH3 is 1. The number of rotatable bonds is 4. The Morgan fingerprint density at radius 2 is 1.81 bits per heavy atom. The topological polar surface area (TPSA) is 59.9 Å². The molecular formula is C21H17FN4O. The number of pyridine rings is 1. The van der Waals surface area contributed by atoms with Crippen molar-refractivity contribution >= 4 is 16.7 Å². The summed E-state index contributed by atoms with van der Waals surface area (Å²) in [7, 11) is 3.36. The SMILES string of the molecule is CNc1nc(-c2cccnc2)nc2c(OC)c(-c3ccccc3F)ccc12. The van der Waals surface area contributed by atoms with Crippen LogP contribution in [0.3, 0.4) is 0 Å². The lowest BCUT2D eigenvalue weighted by molar-refractivity contribution is 0.420. The highest BCUT2D eigenvalue weighted by molar-refractivity contribution is 5.99.